The Bertz CT molecular complexity index is 466. The van der Waals surface area contributed by atoms with Crippen molar-refractivity contribution >= 4 is 14.0 Å². The molecule has 0 saturated heterocycles. The molecule has 1 atom stereocenters. The smallest absolute Gasteiger partial charge is 0.271 e. The van der Waals surface area contributed by atoms with Crippen LogP contribution in [0.15, 0.2) is 6.20 Å². The lowest BCUT2D eigenvalue weighted by Gasteiger charge is -2.36. The maximum absolute atomic E-state index is 13.2. The van der Waals surface area contributed by atoms with Crippen molar-refractivity contribution < 1.29 is 13.5 Å². The number of anilines is 1. The second kappa shape index (κ2) is 5.35. The first-order valence-electron chi connectivity index (χ1n) is 6.23. The fourth-order valence-corrected chi connectivity index (χ4v) is 2.30. The third-order valence-electron chi connectivity index (χ3n) is 3.70. The highest BCUT2D eigenvalue weighted by molar-refractivity contribution is 6.74. The molecule has 0 amide bonds. The summed E-state index contributed by atoms with van der Waals surface area (Å²) in [7, 11) is -1.87. The van der Waals surface area contributed by atoms with E-state index in [4.69, 9.17) is 16.6 Å². The van der Waals surface area contributed by atoms with E-state index in [1.807, 2.05) is 0 Å². The maximum atomic E-state index is 13.2. The van der Waals surface area contributed by atoms with Crippen LogP contribution in [0.2, 0.25) is 18.1 Å². The van der Waals surface area contributed by atoms with Crippen molar-refractivity contribution in [3.8, 4) is 12.3 Å². The lowest BCUT2D eigenvalue weighted by atomic mass is 10.2. The average molecular weight is 284 g/mol. The van der Waals surface area contributed by atoms with Crippen LogP contribution in [0, 0.1) is 18.3 Å². The van der Waals surface area contributed by atoms with Gasteiger partial charge < -0.3 is 10.2 Å². The minimum absolute atomic E-state index is 0.0487. The zero-order valence-corrected chi connectivity index (χ0v) is 13.2. The minimum atomic E-state index is -1.87. The molecule has 1 rings (SSSR count). The first-order valence-corrected chi connectivity index (χ1v) is 9.14. The Morgan fingerprint density at radius 2 is 2.16 bits per heavy atom. The van der Waals surface area contributed by atoms with Gasteiger partial charge in [-0.1, -0.05) is 25.5 Å². The van der Waals surface area contributed by atoms with Gasteiger partial charge in [-0.3, -0.25) is 0 Å². The molecule has 0 aliphatic carbocycles. The number of nitrogens with two attached hydrogens (primary N) is 1. The monoisotopic (exact) mass is 284 g/mol. The zero-order chi connectivity index (χ0) is 14.8. The van der Waals surface area contributed by atoms with E-state index >= 15 is 0 Å². The lowest BCUT2D eigenvalue weighted by molar-refractivity contribution is -0.763. The van der Waals surface area contributed by atoms with E-state index in [2.05, 4.69) is 44.9 Å². The Labute approximate surface area is 115 Å². The molecule has 0 aliphatic heterocycles. The molecule has 1 heterocycles. The molecule has 19 heavy (non-hydrogen) atoms. The van der Waals surface area contributed by atoms with Gasteiger partial charge in [0, 0.05) is 0 Å². The van der Waals surface area contributed by atoms with Crippen molar-refractivity contribution in [3.05, 3.63) is 12.1 Å². The summed E-state index contributed by atoms with van der Waals surface area (Å²) in [6.07, 6.45) is 6.94. The quantitative estimate of drug-likeness (QED) is 0.506. The van der Waals surface area contributed by atoms with Gasteiger partial charge in [0.05, 0.1) is 0 Å². The molecule has 0 fully saturated rings. The van der Waals surface area contributed by atoms with E-state index in [9.17, 15) is 4.39 Å². The van der Waals surface area contributed by atoms with Gasteiger partial charge in [-0.15, -0.1) is 11.5 Å². The van der Waals surface area contributed by atoms with Gasteiger partial charge in [0.2, 0.25) is 6.20 Å². The average Bonchev–Trinajstić information content (AvgIpc) is 2.58. The first kappa shape index (κ1) is 15.7. The van der Waals surface area contributed by atoms with Crippen molar-refractivity contribution in [1.29, 1.82) is 0 Å². The summed E-state index contributed by atoms with van der Waals surface area (Å²) in [5.41, 5.74) is 5.51. The Morgan fingerprint density at radius 1 is 1.58 bits per heavy atom. The molecule has 0 saturated carbocycles. The molecule has 0 aliphatic rings. The fourth-order valence-electron chi connectivity index (χ4n) is 1.30. The summed E-state index contributed by atoms with van der Waals surface area (Å²) in [4.78, 5) is 0. The second-order valence-corrected chi connectivity index (χ2v) is 11.0. The zero-order valence-electron chi connectivity index (χ0n) is 12.2. The number of halogens is 1. The van der Waals surface area contributed by atoms with Crippen molar-refractivity contribution in [2.24, 2.45) is 0 Å². The fraction of sp³-hybridized carbons (Fsp3) is 0.615. The Balaban J connectivity index is 2.78. The molecular weight excluding hydrogens is 261 g/mol. The van der Waals surface area contributed by atoms with Crippen LogP contribution in [0.3, 0.4) is 0 Å². The highest BCUT2D eigenvalue weighted by Gasteiger charge is 2.38. The topological polar surface area (TPSA) is 54.9 Å². The number of nitrogens with one attached hydrogen (secondary N) is 1. The van der Waals surface area contributed by atoms with Gasteiger partial charge in [0.15, 0.2) is 14.0 Å². The van der Waals surface area contributed by atoms with E-state index in [0.717, 1.165) is 0 Å². The molecule has 6 heteroatoms. The van der Waals surface area contributed by atoms with E-state index < -0.39 is 14.3 Å². The largest absolute Gasteiger partial charge is 0.409 e. The Morgan fingerprint density at radius 3 is 2.53 bits per heavy atom. The highest BCUT2D eigenvalue weighted by atomic mass is 28.4. The van der Waals surface area contributed by atoms with Crippen LogP contribution >= 0.6 is 0 Å². The van der Waals surface area contributed by atoms with E-state index in [0.29, 0.717) is 6.61 Å². The van der Waals surface area contributed by atoms with Crippen LogP contribution in [0.5, 0.6) is 0 Å². The van der Waals surface area contributed by atoms with E-state index in [-0.39, 0.29) is 16.8 Å². The maximum Gasteiger partial charge on any atom is 0.271 e. The molecule has 4 nitrogen and oxygen atoms in total. The summed E-state index contributed by atoms with van der Waals surface area (Å²) < 4.78 is 20.7. The summed E-state index contributed by atoms with van der Waals surface area (Å²) in [6, 6.07) is -0.388. The molecular formula is C13H23FN3OSi+. The van der Waals surface area contributed by atoms with Gasteiger partial charge >= 0.3 is 0 Å². The standard InChI is InChI=1S/C13H22FN3OSi/c1-7-10(17-8-11(15)12(14)16-17)9-18-19(5,6)13(2,3)4/h1,8,10H,9,15H2,2-6H3/p+1. The van der Waals surface area contributed by atoms with Crippen LogP contribution in [0.25, 0.3) is 0 Å². The molecule has 0 bridgehead atoms. The number of rotatable bonds is 4. The van der Waals surface area contributed by atoms with E-state index in [1.165, 1.54) is 10.9 Å². The van der Waals surface area contributed by atoms with Crippen molar-refractivity contribution in [2.75, 3.05) is 12.3 Å². The molecule has 1 aromatic rings. The second-order valence-electron chi connectivity index (χ2n) is 6.17. The van der Waals surface area contributed by atoms with Crippen LogP contribution in [0.1, 0.15) is 26.8 Å². The van der Waals surface area contributed by atoms with Crippen LogP contribution in [-0.2, 0) is 4.43 Å². The molecule has 0 aromatic carbocycles. The number of aromatic amines is 1. The molecule has 106 valence electrons. The molecule has 0 spiro atoms. The summed E-state index contributed by atoms with van der Waals surface area (Å²) in [5, 5.41) is 2.60. The normalized spacial score (nSPS) is 14.2. The number of hydrogen-bond acceptors (Lipinski definition) is 2. The van der Waals surface area contributed by atoms with Crippen LogP contribution in [0.4, 0.5) is 10.1 Å². The lowest BCUT2D eigenvalue weighted by Crippen LogP contribution is -2.47. The van der Waals surface area contributed by atoms with Gasteiger partial charge in [-0.05, 0) is 24.1 Å². The van der Waals surface area contributed by atoms with Gasteiger partial charge in [-0.25, -0.2) is 0 Å². The molecule has 1 unspecified atom stereocenters. The minimum Gasteiger partial charge on any atom is -0.409 e. The predicted octanol–water partition coefficient (Wildman–Crippen LogP) is 2.22. The molecule has 0 radical (unpaired) electrons. The van der Waals surface area contributed by atoms with Crippen molar-refractivity contribution in [2.45, 2.75) is 44.9 Å². The number of aromatic nitrogens is 2. The summed E-state index contributed by atoms with van der Waals surface area (Å²) >= 11 is 0. The third kappa shape index (κ3) is 3.58. The van der Waals surface area contributed by atoms with Crippen LogP contribution < -0.4 is 10.4 Å². The Hall–Kier alpha value is -1.32. The summed E-state index contributed by atoms with van der Waals surface area (Å²) in [5.74, 6) is 2.01. The number of H-pyrrole nitrogens is 1. The number of nitrogen functional groups attached to an aromatic ring is 1. The van der Waals surface area contributed by atoms with Crippen molar-refractivity contribution in [1.82, 2.24) is 5.10 Å². The van der Waals surface area contributed by atoms with Gasteiger partial charge in [0.25, 0.3) is 12.0 Å². The number of nitrogens with zero attached hydrogens (tertiary/aromatic N) is 1. The first-order chi connectivity index (χ1) is 8.58. The predicted molar refractivity (Wildman–Crippen MR) is 76.4 cm³/mol. The molecule has 1 aromatic heterocycles. The number of terminal acetylenes is 1. The van der Waals surface area contributed by atoms with Crippen molar-refractivity contribution in [3.63, 3.8) is 0 Å². The van der Waals surface area contributed by atoms with Gasteiger partial charge in [-0.2, -0.15) is 4.39 Å². The summed E-state index contributed by atoms with van der Waals surface area (Å²) in [6.45, 7) is 11.1. The van der Waals surface area contributed by atoms with Gasteiger partial charge in [0.1, 0.15) is 6.61 Å². The van der Waals surface area contributed by atoms with E-state index in [1.54, 1.807) is 0 Å². The molecule has 3 N–H and O–H groups in total. The van der Waals surface area contributed by atoms with Crippen LogP contribution in [-0.4, -0.2) is 20.0 Å². The third-order valence-corrected chi connectivity index (χ3v) is 8.20. The SMILES string of the molecule is C#CC(CO[Si](C)(C)C(C)(C)C)[n+]1cc(N)c(F)[nH]1. The highest BCUT2D eigenvalue weighted by Crippen LogP contribution is 2.36. The number of hydrogen-bond donors (Lipinski definition) is 2. The Kier molecular flexibility index (Phi) is 4.43.